The van der Waals surface area contributed by atoms with Crippen LogP contribution in [0.1, 0.15) is 28.6 Å². The van der Waals surface area contributed by atoms with E-state index in [-0.39, 0.29) is 6.17 Å². The number of fused-ring (bicyclic) bond motifs is 4. The summed E-state index contributed by atoms with van der Waals surface area (Å²) in [5.41, 5.74) is 7.88. The van der Waals surface area contributed by atoms with Crippen molar-refractivity contribution in [2.24, 2.45) is 0 Å². The number of aryl methyl sites for hydroxylation is 2. The Morgan fingerprint density at radius 1 is 0.879 bits per heavy atom. The Hall–Kier alpha value is -4.05. The molecule has 5 aromatic rings. The maximum absolute atomic E-state index is 6.43. The van der Waals surface area contributed by atoms with Crippen LogP contribution in [0.5, 0.6) is 5.75 Å². The third-order valence-corrected chi connectivity index (χ3v) is 6.29. The van der Waals surface area contributed by atoms with Gasteiger partial charge in [0.1, 0.15) is 12.4 Å². The Kier molecular flexibility index (Phi) is 4.65. The van der Waals surface area contributed by atoms with E-state index in [1.165, 1.54) is 16.5 Å². The molecule has 4 nitrogen and oxygen atoms in total. The van der Waals surface area contributed by atoms with Gasteiger partial charge < -0.3 is 10.1 Å². The highest BCUT2D eigenvalue weighted by Gasteiger charge is 2.30. The topological polar surface area (TPSA) is 39.1 Å². The van der Waals surface area contributed by atoms with Gasteiger partial charge >= 0.3 is 0 Å². The van der Waals surface area contributed by atoms with Gasteiger partial charge in [0.25, 0.3) is 0 Å². The van der Waals surface area contributed by atoms with Gasteiger partial charge in [0.15, 0.2) is 6.17 Å². The number of nitrogens with zero attached hydrogens (tertiary/aromatic N) is 2. The molecule has 1 N–H and O–H groups in total. The molecule has 162 valence electrons. The van der Waals surface area contributed by atoms with Crippen LogP contribution in [0.15, 0.2) is 91.0 Å². The summed E-state index contributed by atoms with van der Waals surface area (Å²) in [4.78, 5) is 0. The van der Waals surface area contributed by atoms with E-state index in [2.05, 4.69) is 89.7 Å². The third kappa shape index (κ3) is 3.44. The van der Waals surface area contributed by atoms with Gasteiger partial charge in [0, 0.05) is 16.8 Å². The second-order valence-corrected chi connectivity index (χ2v) is 8.68. The number of hydrogen-bond donors (Lipinski definition) is 1. The summed E-state index contributed by atoms with van der Waals surface area (Å²) >= 11 is 0. The molecule has 6 rings (SSSR count). The fourth-order valence-corrected chi connectivity index (χ4v) is 4.73. The smallest absolute Gasteiger partial charge is 0.151 e. The molecule has 4 aromatic carbocycles. The molecule has 2 heterocycles. The van der Waals surface area contributed by atoms with Gasteiger partial charge in [-0.15, -0.1) is 0 Å². The van der Waals surface area contributed by atoms with Crippen LogP contribution in [-0.4, -0.2) is 9.78 Å². The van der Waals surface area contributed by atoms with E-state index in [1.54, 1.807) is 0 Å². The van der Waals surface area contributed by atoms with Crippen LogP contribution in [0.4, 0.5) is 5.69 Å². The number of hydrogen-bond acceptors (Lipinski definition) is 3. The zero-order valence-corrected chi connectivity index (χ0v) is 18.7. The van der Waals surface area contributed by atoms with Gasteiger partial charge in [-0.05, 0) is 54.4 Å². The molecule has 0 radical (unpaired) electrons. The molecule has 0 bridgehead atoms. The van der Waals surface area contributed by atoms with E-state index < -0.39 is 0 Å². The predicted molar refractivity (Wildman–Crippen MR) is 134 cm³/mol. The highest BCUT2D eigenvalue weighted by molar-refractivity contribution is 5.90. The van der Waals surface area contributed by atoms with E-state index in [9.17, 15) is 0 Å². The lowest BCUT2D eigenvalue weighted by Crippen LogP contribution is -2.26. The summed E-state index contributed by atoms with van der Waals surface area (Å²) in [5.74, 6) is 0.865. The highest BCUT2D eigenvalue weighted by Crippen LogP contribution is 2.43. The Morgan fingerprint density at radius 3 is 2.58 bits per heavy atom. The first-order chi connectivity index (χ1) is 16.2. The van der Waals surface area contributed by atoms with Crippen molar-refractivity contribution in [2.45, 2.75) is 26.6 Å². The van der Waals surface area contributed by atoms with E-state index in [0.29, 0.717) is 6.61 Å². The second kappa shape index (κ2) is 7.82. The molecule has 0 fully saturated rings. The number of ether oxygens (including phenoxy) is 1. The van der Waals surface area contributed by atoms with Crippen LogP contribution in [-0.2, 0) is 6.61 Å². The first kappa shape index (κ1) is 19.6. The summed E-state index contributed by atoms with van der Waals surface area (Å²) in [6, 6.07) is 31.7. The van der Waals surface area contributed by atoms with E-state index >= 15 is 0 Å². The number of nitrogens with one attached hydrogen (secondary N) is 1. The number of rotatable bonds is 4. The maximum atomic E-state index is 6.43. The van der Waals surface area contributed by atoms with E-state index in [1.807, 2.05) is 25.1 Å². The minimum absolute atomic E-state index is 0.180. The monoisotopic (exact) mass is 431 g/mol. The van der Waals surface area contributed by atoms with Crippen molar-refractivity contribution in [3.05, 3.63) is 113 Å². The molecule has 4 heteroatoms. The molecule has 0 spiro atoms. The Bertz CT molecular complexity index is 1470. The summed E-state index contributed by atoms with van der Waals surface area (Å²) < 4.78 is 8.54. The SMILES string of the molecule is Cc1ccc2c(c1)-c1cc(C)nn1C(c1c(OCc3ccccc3)ccc3ccccc13)N2. The van der Waals surface area contributed by atoms with Gasteiger partial charge in [-0.1, -0.05) is 72.3 Å². The molecule has 1 atom stereocenters. The Morgan fingerprint density at radius 2 is 1.70 bits per heavy atom. The minimum atomic E-state index is -0.180. The molecule has 1 aliphatic heterocycles. The maximum Gasteiger partial charge on any atom is 0.151 e. The number of aromatic nitrogens is 2. The van der Waals surface area contributed by atoms with Crippen LogP contribution in [0.2, 0.25) is 0 Å². The average Bonchev–Trinajstić information content (AvgIpc) is 3.24. The van der Waals surface area contributed by atoms with Crippen LogP contribution < -0.4 is 10.1 Å². The van der Waals surface area contributed by atoms with Crippen molar-refractivity contribution in [3.63, 3.8) is 0 Å². The normalized spacial score (nSPS) is 14.4. The fourth-order valence-electron chi connectivity index (χ4n) is 4.73. The molecule has 0 aliphatic carbocycles. The van der Waals surface area contributed by atoms with Crippen molar-refractivity contribution in [3.8, 4) is 17.0 Å². The van der Waals surface area contributed by atoms with Crippen LogP contribution in [0, 0.1) is 13.8 Å². The summed E-state index contributed by atoms with van der Waals surface area (Å²) in [6.45, 7) is 4.69. The van der Waals surface area contributed by atoms with Gasteiger partial charge in [0.05, 0.1) is 11.4 Å². The van der Waals surface area contributed by atoms with Gasteiger partial charge in [-0.3, -0.25) is 0 Å². The lowest BCUT2D eigenvalue weighted by Gasteiger charge is -2.31. The lowest BCUT2D eigenvalue weighted by atomic mass is 9.97. The van der Waals surface area contributed by atoms with Gasteiger partial charge in [0.2, 0.25) is 0 Å². The highest BCUT2D eigenvalue weighted by atomic mass is 16.5. The molecule has 0 saturated carbocycles. The average molecular weight is 432 g/mol. The van der Waals surface area contributed by atoms with E-state index in [4.69, 9.17) is 9.84 Å². The van der Waals surface area contributed by atoms with Crippen molar-refractivity contribution in [2.75, 3.05) is 5.32 Å². The zero-order chi connectivity index (χ0) is 22.4. The van der Waals surface area contributed by atoms with Gasteiger partial charge in [-0.25, -0.2) is 4.68 Å². The van der Waals surface area contributed by atoms with Crippen molar-refractivity contribution >= 4 is 16.5 Å². The molecular weight excluding hydrogens is 406 g/mol. The van der Waals surface area contributed by atoms with Gasteiger partial charge in [-0.2, -0.15) is 5.10 Å². The minimum Gasteiger partial charge on any atom is -0.488 e. The lowest BCUT2D eigenvalue weighted by molar-refractivity contribution is 0.300. The predicted octanol–water partition coefficient (Wildman–Crippen LogP) is 6.87. The van der Waals surface area contributed by atoms with Crippen molar-refractivity contribution < 1.29 is 4.74 Å². The van der Waals surface area contributed by atoms with Crippen LogP contribution >= 0.6 is 0 Å². The second-order valence-electron chi connectivity index (χ2n) is 8.68. The summed E-state index contributed by atoms with van der Waals surface area (Å²) in [6.07, 6.45) is -0.180. The summed E-state index contributed by atoms with van der Waals surface area (Å²) in [5, 5.41) is 11.0. The standard InChI is InChI=1S/C29H25N3O/c1-19-12-14-25-24(16-19)26-17-20(2)31-32(26)29(30-25)28-23-11-7-6-10-22(23)13-15-27(28)33-18-21-8-4-3-5-9-21/h3-17,29-30H,18H2,1-2H3. The quantitative estimate of drug-likeness (QED) is 0.337. The Labute approximate surface area is 193 Å². The molecule has 1 unspecified atom stereocenters. The third-order valence-electron chi connectivity index (χ3n) is 6.29. The molecular formula is C29H25N3O. The zero-order valence-electron chi connectivity index (χ0n) is 18.7. The molecule has 0 amide bonds. The largest absolute Gasteiger partial charge is 0.488 e. The van der Waals surface area contributed by atoms with E-state index in [0.717, 1.165) is 39.3 Å². The van der Waals surface area contributed by atoms with Crippen molar-refractivity contribution in [1.82, 2.24) is 9.78 Å². The first-order valence-electron chi connectivity index (χ1n) is 11.3. The summed E-state index contributed by atoms with van der Waals surface area (Å²) in [7, 11) is 0. The number of anilines is 1. The Balaban J connectivity index is 1.52. The van der Waals surface area contributed by atoms with Crippen LogP contribution in [0.25, 0.3) is 22.0 Å². The molecule has 1 aliphatic rings. The fraction of sp³-hybridized carbons (Fsp3) is 0.138. The number of benzene rings is 4. The molecule has 33 heavy (non-hydrogen) atoms. The van der Waals surface area contributed by atoms with Crippen LogP contribution in [0.3, 0.4) is 0 Å². The molecule has 0 saturated heterocycles. The first-order valence-corrected chi connectivity index (χ1v) is 11.3. The van der Waals surface area contributed by atoms with Crippen molar-refractivity contribution in [1.29, 1.82) is 0 Å². The molecule has 1 aromatic heterocycles.